The zero-order chi connectivity index (χ0) is 20.1. The summed E-state index contributed by atoms with van der Waals surface area (Å²) in [6, 6.07) is 7.28. The fourth-order valence-electron chi connectivity index (χ4n) is 2.97. The molecule has 3 heterocycles. The summed E-state index contributed by atoms with van der Waals surface area (Å²) >= 11 is 0. The van der Waals surface area contributed by atoms with Crippen LogP contribution in [-0.4, -0.2) is 35.1 Å². The van der Waals surface area contributed by atoms with Crippen LogP contribution in [0.3, 0.4) is 0 Å². The quantitative estimate of drug-likeness (QED) is 0.581. The maximum absolute atomic E-state index is 12.9. The second-order valence-electron chi connectivity index (χ2n) is 6.22. The van der Waals surface area contributed by atoms with E-state index in [1.807, 2.05) is 18.2 Å². The van der Waals surface area contributed by atoms with Crippen LogP contribution >= 0.6 is 0 Å². The lowest BCUT2D eigenvalue weighted by Crippen LogP contribution is -2.25. The van der Waals surface area contributed by atoms with E-state index in [9.17, 15) is 18.0 Å². The predicted molar refractivity (Wildman–Crippen MR) is 93.1 cm³/mol. The van der Waals surface area contributed by atoms with Gasteiger partial charge < -0.3 is 0 Å². The summed E-state index contributed by atoms with van der Waals surface area (Å²) in [6.07, 6.45) is -3.28. The van der Waals surface area contributed by atoms with E-state index >= 15 is 0 Å². The van der Waals surface area contributed by atoms with Gasteiger partial charge in [0.2, 0.25) is 5.91 Å². The van der Waals surface area contributed by atoms with Gasteiger partial charge in [0.25, 0.3) is 11.6 Å². The number of carbonyl (C=O) groups excluding carboxylic acids is 1. The Morgan fingerprint density at radius 1 is 1.18 bits per heavy atom. The molecule has 144 valence electrons. The molecule has 28 heavy (non-hydrogen) atoms. The smallest absolute Gasteiger partial charge is 0.273 e. The summed E-state index contributed by atoms with van der Waals surface area (Å²) in [5, 5.41) is 3.48. The highest BCUT2D eigenvalue weighted by atomic mass is 19.4. The van der Waals surface area contributed by atoms with Gasteiger partial charge in [0.15, 0.2) is 0 Å². The molecule has 0 aliphatic heterocycles. The summed E-state index contributed by atoms with van der Waals surface area (Å²) < 4.78 is 41.1. The third-order valence-corrected chi connectivity index (χ3v) is 4.34. The molecule has 0 spiro atoms. The third-order valence-electron chi connectivity index (χ3n) is 4.34. The Morgan fingerprint density at radius 3 is 2.68 bits per heavy atom. The standard InChI is InChI=1S/C17H14F3N7O/c1-9-11(10(2)27-16(22-9)23-15(25-27)17(18,19)20)7-14(28)24-26-8-21-12-5-3-4-6-13(12)26/h3-6,8H,7H2,1-2H3,(H,24,28). The summed E-state index contributed by atoms with van der Waals surface area (Å²) in [5.74, 6) is -1.80. The first-order valence-corrected chi connectivity index (χ1v) is 8.26. The monoisotopic (exact) mass is 389 g/mol. The van der Waals surface area contributed by atoms with E-state index in [-0.39, 0.29) is 18.1 Å². The Labute approximate surface area is 156 Å². The van der Waals surface area contributed by atoms with Gasteiger partial charge in [-0.3, -0.25) is 10.2 Å². The Balaban J connectivity index is 1.64. The highest BCUT2D eigenvalue weighted by Gasteiger charge is 2.37. The first-order valence-electron chi connectivity index (χ1n) is 8.26. The molecule has 0 aliphatic carbocycles. The number of fused-ring (bicyclic) bond motifs is 2. The van der Waals surface area contributed by atoms with Crippen molar-refractivity contribution in [1.82, 2.24) is 29.2 Å². The van der Waals surface area contributed by atoms with Gasteiger partial charge in [-0.1, -0.05) is 12.1 Å². The number of amides is 1. The highest BCUT2D eigenvalue weighted by molar-refractivity contribution is 5.88. The topological polar surface area (TPSA) is 90.0 Å². The Hall–Kier alpha value is -3.50. The molecule has 0 saturated heterocycles. The fourth-order valence-corrected chi connectivity index (χ4v) is 2.97. The van der Waals surface area contributed by atoms with Crippen LogP contribution in [0.4, 0.5) is 13.2 Å². The maximum atomic E-state index is 12.9. The summed E-state index contributed by atoms with van der Waals surface area (Å²) in [4.78, 5) is 24.2. The number of nitrogens with zero attached hydrogens (tertiary/aromatic N) is 6. The molecule has 4 aromatic rings. The average molecular weight is 389 g/mol. The number of imidazole rings is 1. The van der Waals surface area contributed by atoms with Crippen molar-refractivity contribution in [3.8, 4) is 0 Å². The van der Waals surface area contributed by atoms with Gasteiger partial charge in [-0.25, -0.2) is 19.2 Å². The van der Waals surface area contributed by atoms with Gasteiger partial charge in [-0.05, 0) is 26.0 Å². The van der Waals surface area contributed by atoms with Crippen molar-refractivity contribution in [1.29, 1.82) is 0 Å². The fraction of sp³-hybridized carbons (Fsp3) is 0.235. The van der Waals surface area contributed by atoms with Crippen molar-refractivity contribution < 1.29 is 18.0 Å². The molecule has 3 aromatic heterocycles. The number of aryl methyl sites for hydroxylation is 2. The number of para-hydroxylation sites is 2. The molecule has 0 fully saturated rings. The molecule has 0 aliphatic rings. The SMILES string of the molecule is Cc1nc2nc(C(F)(F)F)nn2c(C)c1CC(=O)Nn1cnc2ccccc21. The molecular weight excluding hydrogens is 375 g/mol. The van der Waals surface area contributed by atoms with E-state index in [2.05, 4.69) is 25.5 Å². The number of alkyl halides is 3. The number of benzene rings is 1. The van der Waals surface area contributed by atoms with Gasteiger partial charge in [0.1, 0.15) is 6.33 Å². The maximum Gasteiger partial charge on any atom is 0.453 e. The lowest BCUT2D eigenvalue weighted by molar-refractivity contribution is -0.144. The van der Waals surface area contributed by atoms with Crippen LogP contribution in [0.5, 0.6) is 0 Å². The molecule has 0 bridgehead atoms. The summed E-state index contributed by atoms with van der Waals surface area (Å²) in [5.41, 5.74) is 5.42. The molecule has 1 N–H and O–H groups in total. The van der Waals surface area contributed by atoms with E-state index in [1.165, 1.54) is 11.0 Å². The Bertz CT molecular complexity index is 1210. The molecule has 4 rings (SSSR count). The Morgan fingerprint density at radius 2 is 1.93 bits per heavy atom. The van der Waals surface area contributed by atoms with Crippen molar-refractivity contribution >= 4 is 22.7 Å². The lowest BCUT2D eigenvalue weighted by Gasteiger charge is -2.11. The third kappa shape index (κ3) is 3.04. The van der Waals surface area contributed by atoms with Crippen molar-refractivity contribution in [3.05, 3.63) is 53.4 Å². The van der Waals surface area contributed by atoms with Crippen molar-refractivity contribution in [3.63, 3.8) is 0 Å². The number of nitrogens with one attached hydrogen (secondary N) is 1. The summed E-state index contributed by atoms with van der Waals surface area (Å²) in [6.45, 7) is 3.19. The molecular formula is C17H14F3N7O. The molecule has 0 unspecified atom stereocenters. The number of aromatic nitrogens is 6. The number of halogens is 3. The molecule has 0 atom stereocenters. The first-order chi connectivity index (χ1) is 13.2. The van der Waals surface area contributed by atoms with Gasteiger partial charge in [0.05, 0.1) is 17.5 Å². The van der Waals surface area contributed by atoms with Crippen LogP contribution in [0.1, 0.15) is 22.8 Å². The number of hydrogen-bond donors (Lipinski definition) is 1. The number of hydrogen-bond acceptors (Lipinski definition) is 5. The van der Waals surface area contributed by atoms with Gasteiger partial charge >= 0.3 is 6.18 Å². The molecule has 8 nitrogen and oxygen atoms in total. The first kappa shape index (κ1) is 17.9. The highest BCUT2D eigenvalue weighted by Crippen LogP contribution is 2.27. The second kappa shape index (κ2) is 6.29. The van der Waals surface area contributed by atoms with Crippen LogP contribution < -0.4 is 5.43 Å². The number of carbonyl (C=O) groups is 1. The van der Waals surface area contributed by atoms with E-state index in [1.54, 1.807) is 19.9 Å². The molecule has 1 aromatic carbocycles. The van der Waals surface area contributed by atoms with Crippen LogP contribution in [0.15, 0.2) is 30.6 Å². The zero-order valence-corrected chi connectivity index (χ0v) is 14.8. The van der Waals surface area contributed by atoms with E-state index in [4.69, 9.17) is 0 Å². The van der Waals surface area contributed by atoms with E-state index < -0.39 is 12.0 Å². The van der Waals surface area contributed by atoms with Crippen molar-refractivity contribution in [2.75, 3.05) is 5.43 Å². The minimum atomic E-state index is -4.67. The van der Waals surface area contributed by atoms with Gasteiger partial charge in [0, 0.05) is 17.0 Å². The van der Waals surface area contributed by atoms with Gasteiger partial charge in [-0.15, -0.1) is 5.10 Å². The Kier molecular flexibility index (Phi) is 4.02. The largest absolute Gasteiger partial charge is 0.453 e. The average Bonchev–Trinajstić information content (AvgIpc) is 3.23. The second-order valence-corrected chi connectivity index (χ2v) is 6.22. The lowest BCUT2D eigenvalue weighted by atomic mass is 10.1. The zero-order valence-electron chi connectivity index (χ0n) is 14.8. The van der Waals surface area contributed by atoms with Crippen LogP contribution in [-0.2, 0) is 17.4 Å². The van der Waals surface area contributed by atoms with E-state index in [0.29, 0.717) is 17.0 Å². The van der Waals surface area contributed by atoms with Crippen LogP contribution in [0, 0.1) is 13.8 Å². The summed E-state index contributed by atoms with van der Waals surface area (Å²) in [7, 11) is 0. The molecule has 0 saturated carbocycles. The van der Waals surface area contributed by atoms with Gasteiger partial charge in [-0.2, -0.15) is 18.2 Å². The minimum absolute atomic E-state index is 0.0890. The van der Waals surface area contributed by atoms with Crippen LogP contribution in [0.25, 0.3) is 16.8 Å². The van der Waals surface area contributed by atoms with E-state index in [0.717, 1.165) is 15.5 Å². The molecule has 0 radical (unpaired) electrons. The number of rotatable bonds is 3. The van der Waals surface area contributed by atoms with Crippen LogP contribution in [0.2, 0.25) is 0 Å². The van der Waals surface area contributed by atoms with Crippen molar-refractivity contribution in [2.45, 2.75) is 26.4 Å². The molecule has 11 heteroatoms. The molecule has 1 amide bonds. The predicted octanol–water partition coefficient (Wildman–Crippen LogP) is 2.42. The normalized spacial score (nSPS) is 12.0. The minimum Gasteiger partial charge on any atom is -0.273 e. The van der Waals surface area contributed by atoms with Crippen molar-refractivity contribution in [2.24, 2.45) is 0 Å².